The Morgan fingerprint density at radius 1 is 1.39 bits per heavy atom. The van der Waals surface area contributed by atoms with Gasteiger partial charge in [-0.1, -0.05) is 13.8 Å². The van der Waals surface area contributed by atoms with Gasteiger partial charge in [-0.2, -0.15) is 0 Å². The van der Waals surface area contributed by atoms with Gasteiger partial charge in [-0.05, 0) is 38.6 Å². The van der Waals surface area contributed by atoms with Crippen molar-refractivity contribution >= 4 is 11.9 Å². The zero-order valence-corrected chi connectivity index (χ0v) is 11.6. The number of carbonyl (C=O) groups excluding carboxylic acids is 1. The molecule has 5 nitrogen and oxygen atoms in total. The Morgan fingerprint density at radius 2 is 2.00 bits per heavy atom. The average molecular weight is 256 g/mol. The van der Waals surface area contributed by atoms with Crippen LogP contribution in [0.15, 0.2) is 0 Å². The molecule has 3 N–H and O–H groups in total. The average Bonchev–Trinajstić information content (AvgIpc) is 2.26. The molecule has 0 spiro atoms. The Hall–Kier alpha value is -1.10. The van der Waals surface area contributed by atoms with E-state index < -0.39 is 11.9 Å². The molecule has 0 bridgehead atoms. The lowest BCUT2D eigenvalue weighted by Crippen LogP contribution is -2.57. The van der Waals surface area contributed by atoms with Crippen LogP contribution in [0.2, 0.25) is 0 Å². The van der Waals surface area contributed by atoms with Crippen LogP contribution in [-0.4, -0.2) is 35.6 Å². The largest absolute Gasteiger partial charge is 0.481 e. The highest BCUT2D eigenvalue weighted by Gasteiger charge is 2.38. The van der Waals surface area contributed by atoms with Crippen molar-refractivity contribution in [1.82, 2.24) is 10.6 Å². The molecule has 1 heterocycles. The third kappa shape index (κ3) is 3.45. The van der Waals surface area contributed by atoms with Crippen molar-refractivity contribution in [2.75, 3.05) is 6.54 Å². The third-order valence-electron chi connectivity index (χ3n) is 3.90. The number of piperidine rings is 1. The molecule has 0 aliphatic carbocycles. The van der Waals surface area contributed by atoms with Crippen LogP contribution in [-0.2, 0) is 9.59 Å². The van der Waals surface area contributed by atoms with Gasteiger partial charge < -0.3 is 15.7 Å². The molecule has 1 aliphatic rings. The Labute approximate surface area is 108 Å². The van der Waals surface area contributed by atoms with Gasteiger partial charge in [-0.15, -0.1) is 0 Å². The van der Waals surface area contributed by atoms with E-state index in [2.05, 4.69) is 24.5 Å². The maximum absolute atomic E-state index is 12.2. The second kappa shape index (κ2) is 5.69. The van der Waals surface area contributed by atoms with Crippen LogP contribution in [0.3, 0.4) is 0 Å². The fourth-order valence-corrected chi connectivity index (χ4v) is 2.31. The quantitative estimate of drug-likeness (QED) is 0.701. The summed E-state index contributed by atoms with van der Waals surface area (Å²) in [6, 6.07) is -0.607. The molecule has 1 rings (SSSR count). The fourth-order valence-electron chi connectivity index (χ4n) is 2.31. The lowest BCUT2D eigenvalue weighted by Gasteiger charge is -2.39. The summed E-state index contributed by atoms with van der Waals surface area (Å²) in [5.41, 5.74) is -0.0888. The number of hydrogen-bond acceptors (Lipinski definition) is 3. The van der Waals surface area contributed by atoms with Crippen LogP contribution in [0.4, 0.5) is 0 Å². The van der Waals surface area contributed by atoms with Crippen molar-refractivity contribution < 1.29 is 14.7 Å². The van der Waals surface area contributed by atoms with Crippen molar-refractivity contribution in [3.63, 3.8) is 0 Å². The lowest BCUT2D eigenvalue weighted by atomic mass is 9.77. The Balaban J connectivity index is 2.62. The third-order valence-corrected chi connectivity index (χ3v) is 3.90. The summed E-state index contributed by atoms with van der Waals surface area (Å²) in [5.74, 6) is -1.57. The summed E-state index contributed by atoms with van der Waals surface area (Å²) in [6.45, 7) is 8.30. The molecule has 0 aromatic carbocycles. The number of nitrogens with one attached hydrogen (secondary N) is 2. The molecule has 18 heavy (non-hydrogen) atoms. The van der Waals surface area contributed by atoms with Gasteiger partial charge in [0.25, 0.3) is 0 Å². The second-order valence-corrected chi connectivity index (χ2v) is 5.90. The van der Waals surface area contributed by atoms with Gasteiger partial charge in [0, 0.05) is 6.04 Å². The highest BCUT2D eigenvalue weighted by Crippen LogP contribution is 2.30. The van der Waals surface area contributed by atoms with Crippen molar-refractivity contribution in [1.29, 1.82) is 0 Å². The van der Waals surface area contributed by atoms with Crippen LogP contribution in [0.25, 0.3) is 0 Å². The summed E-state index contributed by atoms with van der Waals surface area (Å²) in [5, 5.41) is 14.9. The second-order valence-electron chi connectivity index (χ2n) is 5.90. The number of carboxylic acid groups (broad SMARTS) is 1. The Kier molecular flexibility index (Phi) is 4.73. The number of aliphatic carboxylic acids is 1. The maximum Gasteiger partial charge on any atom is 0.308 e. The first-order valence-corrected chi connectivity index (χ1v) is 6.52. The minimum atomic E-state index is -0.890. The molecule has 0 aromatic rings. The van der Waals surface area contributed by atoms with Crippen molar-refractivity contribution in [3.05, 3.63) is 0 Å². The minimum Gasteiger partial charge on any atom is -0.481 e. The lowest BCUT2D eigenvalue weighted by molar-refractivity contribution is -0.142. The van der Waals surface area contributed by atoms with Gasteiger partial charge in [0.05, 0.1) is 12.0 Å². The van der Waals surface area contributed by atoms with Crippen molar-refractivity contribution in [2.45, 2.75) is 52.6 Å². The normalized spacial score (nSPS) is 26.1. The van der Waals surface area contributed by atoms with Crippen LogP contribution in [0.1, 0.15) is 40.5 Å². The standard InChI is InChI=1S/C13H24N2O3/c1-8(12(17)18)9(2)15-11(16)10-13(3,4)6-5-7-14-10/h8-10,14H,5-7H2,1-4H3,(H,15,16)(H,17,18). The van der Waals surface area contributed by atoms with Gasteiger partial charge in [0.15, 0.2) is 0 Å². The number of amides is 1. The Morgan fingerprint density at radius 3 is 2.50 bits per heavy atom. The predicted octanol–water partition coefficient (Wildman–Crippen LogP) is 0.990. The van der Waals surface area contributed by atoms with Gasteiger partial charge in [0.1, 0.15) is 0 Å². The molecular weight excluding hydrogens is 232 g/mol. The van der Waals surface area contributed by atoms with Crippen LogP contribution in [0.5, 0.6) is 0 Å². The van der Waals surface area contributed by atoms with Gasteiger partial charge in [-0.3, -0.25) is 9.59 Å². The van der Waals surface area contributed by atoms with Crippen molar-refractivity contribution in [2.24, 2.45) is 11.3 Å². The van der Waals surface area contributed by atoms with E-state index in [1.165, 1.54) is 0 Å². The molecule has 3 unspecified atom stereocenters. The molecular formula is C13H24N2O3. The minimum absolute atomic E-state index is 0.0888. The van der Waals surface area contributed by atoms with E-state index in [0.717, 1.165) is 19.4 Å². The van der Waals surface area contributed by atoms with E-state index in [-0.39, 0.29) is 23.4 Å². The van der Waals surface area contributed by atoms with E-state index in [1.807, 2.05) is 0 Å². The predicted molar refractivity (Wildman–Crippen MR) is 69.2 cm³/mol. The number of rotatable bonds is 4. The summed E-state index contributed by atoms with van der Waals surface area (Å²) in [6.07, 6.45) is 2.07. The van der Waals surface area contributed by atoms with E-state index >= 15 is 0 Å². The van der Waals surface area contributed by atoms with E-state index in [1.54, 1.807) is 13.8 Å². The first-order chi connectivity index (χ1) is 8.25. The highest BCUT2D eigenvalue weighted by molar-refractivity contribution is 5.83. The number of carboxylic acids is 1. The summed E-state index contributed by atoms with van der Waals surface area (Å²) in [7, 11) is 0. The summed E-state index contributed by atoms with van der Waals surface area (Å²) >= 11 is 0. The SMILES string of the molecule is CC(NC(=O)C1NCCCC1(C)C)C(C)C(=O)O. The number of carbonyl (C=O) groups is 2. The number of hydrogen-bond donors (Lipinski definition) is 3. The molecule has 5 heteroatoms. The zero-order valence-electron chi connectivity index (χ0n) is 11.6. The molecule has 1 aliphatic heterocycles. The molecule has 1 amide bonds. The first kappa shape index (κ1) is 15.0. The molecule has 0 aromatic heterocycles. The van der Waals surface area contributed by atoms with Gasteiger partial charge >= 0.3 is 5.97 Å². The summed E-state index contributed by atoms with van der Waals surface area (Å²) in [4.78, 5) is 23.0. The van der Waals surface area contributed by atoms with Gasteiger partial charge in [-0.25, -0.2) is 0 Å². The smallest absolute Gasteiger partial charge is 0.308 e. The summed E-state index contributed by atoms with van der Waals surface area (Å²) < 4.78 is 0. The van der Waals surface area contributed by atoms with Crippen molar-refractivity contribution in [3.8, 4) is 0 Å². The monoisotopic (exact) mass is 256 g/mol. The highest BCUT2D eigenvalue weighted by atomic mass is 16.4. The van der Waals surface area contributed by atoms with E-state index in [4.69, 9.17) is 5.11 Å². The van der Waals surface area contributed by atoms with E-state index in [0.29, 0.717) is 0 Å². The van der Waals surface area contributed by atoms with Crippen LogP contribution in [0, 0.1) is 11.3 Å². The van der Waals surface area contributed by atoms with Crippen LogP contribution < -0.4 is 10.6 Å². The first-order valence-electron chi connectivity index (χ1n) is 6.52. The molecule has 1 fully saturated rings. The van der Waals surface area contributed by atoms with Crippen LogP contribution >= 0.6 is 0 Å². The molecule has 104 valence electrons. The van der Waals surface area contributed by atoms with Gasteiger partial charge in [0.2, 0.25) is 5.91 Å². The molecule has 1 saturated heterocycles. The topological polar surface area (TPSA) is 78.4 Å². The molecule has 0 saturated carbocycles. The molecule has 0 radical (unpaired) electrons. The maximum atomic E-state index is 12.2. The Bertz CT molecular complexity index is 328. The molecule has 3 atom stereocenters. The van der Waals surface area contributed by atoms with E-state index in [9.17, 15) is 9.59 Å². The fraction of sp³-hybridized carbons (Fsp3) is 0.846. The zero-order chi connectivity index (χ0) is 13.9.